The van der Waals surface area contributed by atoms with E-state index in [1.54, 1.807) is 58.9 Å². The van der Waals surface area contributed by atoms with Crippen molar-refractivity contribution in [2.75, 3.05) is 0 Å². The first-order valence-corrected chi connectivity index (χ1v) is 15.5. The van der Waals surface area contributed by atoms with Crippen LogP contribution in [0.2, 0.25) is 0 Å². The van der Waals surface area contributed by atoms with E-state index in [0.717, 1.165) is 4.47 Å². The van der Waals surface area contributed by atoms with Crippen molar-refractivity contribution < 1.29 is 33.5 Å². The fourth-order valence-electron chi connectivity index (χ4n) is 3.71. The molecule has 0 saturated carbocycles. The number of carbonyl (C=O) groups excluding carboxylic acids is 6. The second-order valence-corrected chi connectivity index (χ2v) is 15.5. The molecule has 5 N–H and O–H groups in total. The SMILES string of the molecule is CC(C)[C@H](NC(=O)C(C)(C)NC(=O)C(C)(C)NC(=O)c1ccc(Br)cc1)C(=O)NC(C)(C)C(=O)NC(C)(C)C(=O)OC(C)(C)C. The van der Waals surface area contributed by atoms with Crippen LogP contribution in [0.15, 0.2) is 28.7 Å². The van der Waals surface area contributed by atoms with Gasteiger partial charge in [-0.25, -0.2) is 4.79 Å². The molecular weight excluding hydrogens is 646 g/mol. The van der Waals surface area contributed by atoms with E-state index in [9.17, 15) is 28.8 Å². The number of ether oxygens (including phenoxy) is 1. The Morgan fingerprint density at radius 2 is 1.04 bits per heavy atom. The zero-order valence-electron chi connectivity index (χ0n) is 28.7. The van der Waals surface area contributed by atoms with E-state index in [-0.39, 0.29) is 0 Å². The highest BCUT2D eigenvalue weighted by Gasteiger charge is 2.42. The van der Waals surface area contributed by atoms with Gasteiger partial charge in [0.1, 0.15) is 33.8 Å². The summed E-state index contributed by atoms with van der Waals surface area (Å²) < 4.78 is 6.19. The summed E-state index contributed by atoms with van der Waals surface area (Å²) in [5.41, 5.74) is -6.15. The number of amides is 5. The van der Waals surface area contributed by atoms with Crippen LogP contribution in [0.5, 0.6) is 0 Å². The first-order chi connectivity index (χ1) is 20.1. The Kier molecular flexibility index (Phi) is 12.6. The number of benzene rings is 1. The minimum absolute atomic E-state index is 0.354. The van der Waals surface area contributed by atoms with Crippen LogP contribution in [0.1, 0.15) is 100 Å². The quantitative estimate of drug-likeness (QED) is 0.209. The van der Waals surface area contributed by atoms with Crippen molar-refractivity contribution in [2.24, 2.45) is 5.92 Å². The van der Waals surface area contributed by atoms with Crippen LogP contribution in [0, 0.1) is 5.92 Å². The smallest absolute Gasteiger partial charge is 0.331 e. The first-order valence-electron chi connectivity index (χ1n) is 14.7. The van der Waals surface area contributed by atoms with Crippen molar-refractivity contribution in [2.45, 2.75) is 124 Å². The highest BCUT2D eigenvalue weighted by molar-refractivity contribution is 9.10. The predicted octanol–water partition coefficient (Wildman–Crippen LogP) is 3.12. The Bertz CT molecular complexity index is 1300. The average molecular weight is 697 g/mol. The van der Waals surface area contributed by atoms with Gasteiger partial charge >= 0.3 is 5.97 Å². The largest absolute Gasteiger partial charge is 0.458 e. The molecule has 0 aliphatic carbocycles. The van der Waals surface area contributed by atoms with Crippen molar-refractivity contribution in [3.8, 4) is 0 Å². The number of hydrogen-bond acceptors (Lipinski definition) is 7. The molecule has 252 valence electrons. The summed E-state index contributed by atoms with van der Waals surface area (Å²) in [7, 11) is 0. The number of esters is 1. The van der Waals surface area contributed by atoms with Gasteiger partial charge in [-0.15, -0.1) is 0 Å². The van der Waals surface area contributed by atoms with Gasteiger partial charge in [0.05, 0.1) is 0 Å². The maximum absolute atomic E-state index is 13.4. The minimum atomic E-state index is -1.49. The van der Waals surface area contributed by atoms with E-state index in [1.165, 1.54) is 55.4 Å². The van der Waals surface area contributed by atoms with Crippen LogP contribution < -0.4 is 26.6 Å². The highest BCUT2D eigenvalue weighted by Crippen LogP contribution is 2.17. The highest BCUT2D eigenvalue weighted by atomic mass is 79.9. The molecule has 0 bridgehead atoms. The van der Waals surface area contributed by atoms with Crippen LogP contribution in [-0.4, -0.2) is 69.3 Å². The number of rotatable bonds is 12. The maximum Gasteiger partial charge on any atom is 0.331 e. The molecule has 1 atom stereocenters. The zero-order valence-corrected chi connectivity index (χ0v) is 30.3. The predicted molar refractivity (Wildman–Crippen MR) is 175 cm³/mol. The van der Waals surface area contributed by atoms with E-state index in [4.69, 9.17) is 4.74 Å². The second-order valence-electron chi connectivity index (χ2n) is 14.6. The monoisotopic (exact) mass is 695 g/mol. The summed E-state index contributed by atoms with van der Waals surface area (Å²) >= 11 is 3.31. The van der Waals surface area contributed by atoms with Gasteiger partial charge in [0.25, 0.3) is 5.91 Å². The lowest BCUT2D eigenvalue weighted by Crippen LogP contribution is -2.66. The fourth-order valence-corrected chi connectivity index (χ4v) is 3.97. The average Bonchev–Trinajstić information content (AvgIpc) is 2.84. The third-order valence-corrected chi connectivity index (χ3v) is 7.20. The van der Waals surface area contributed by atoms with E-state index in [1.807, 2.05) is 0 Å². The zero-order chi connectivity index (χ0) is 35.3. The Morgan fingerprint density at radius 1 is 0.622 bits per heavy atom. The number of halogens is 1. The van der Waals surface area contributed by atoms with Crippen molar-refractivity contribution >= 4 is 51.4 Å². The van der Waals surface area contributed by atoms with E-state index >= 15 is 0 Å². The molecule has 1 aromatic rings. The Hall–Kier alpha value is -3.48. The van der Waals surface area contributed by atoms with Gasteiger partial charge in [-0.2, -0.15) is 0 Å². The molecule has 0 radical (unpaired) electrons. The summed E-state index contributed by atoms with van der Waals surface area (Å²) in [6, 6.07) is 5.54. The third-order valence-electron chi connectivity index (χ3n) is 6.67. The van der Waals surface area contributed by atoms with Crippen molar-refractivity contribution in [3.63, 3.8) is 0 Å². The van der Waals surface area contributed by atoms with Gasteiger partial charge in [0, 0.05) is 10.0 Å². The van der Waals surface area contributed by atoms with Crippen LogP contribution in [-0.2, 0) is 28.7 Å². The lowest BCUT2D eigenvalue weighted by atomic mass is 9.95. The normalized spacial score (nSPS) is 13.3. The second kappa shape index (κ2) is 14.3. The van der Waals surface area contributed by atoms with Gasteiger partial charge in [-0.1, -0.05) is 29.8 Å². The minimum Gasteiger partial charge on any atom is -0.458 e. The molecule has 1 rings (SSSR count). The van der Waals surface area contributed by atoms with Gasteiger partial charge in [0.2, 0.25) is 23.6 Å². The van der Waals surface area contributed by atoms with Crippen LogP contribution in [0.3, 0.4) is 0 Å². The van der Waals surface area contributed by atoms with Gasteiger partial charge in [0.15, 0.2) is 0 Å². The molecule has 45 heavy (non-hydrogen) atoms. The Labute approximate surface area is 275 Å². The molecule has 0 heterocycles. The lowest BCUT2D eigenvalue weighted by Gasteiger charge is -2.35. The molecule has 0 aliphatic heterocycles. The molecule has 1 aromatic carbocycles. The summed E-state index contributed by atoms with van der Waals surface area (Å²) in [5.74, 6) is -4.07. The summed E-state index contributed by atoms with van der Waals surface area (Å²) in [4.78, 5) is 78.4. The van der Waals surface area contributed by atoms with E-state index < -0.39 is 75.2 Å². The van der Waals surface area contributed by atoms with E-state index in [0.29, 0.717) is 5.56 Å². The van der Waals surface area contributed by atoms with Crippen LogP contribution in [0.4, 0.5) is 0 Å². The molecule has 5 amide bonds. The van der Waals surface area contributed by atoms with Gasteiger partial charge in [-0.3, -0.25) is 24.0 Å². The molecule has 0 aromatic heterocycles. The summed E-state index contributed by atoms with van der Waals surface area (Å²) in [5, 5.41) is 13.3. The lowest BCUT2D eigenvalue weighted by molar-refractivity contribution is -0.163. The Morgan fingerprint density at radius 3 is 1.49 bits per heavy atom. The third kappa shape index (κ3) is 11.8. The first kappa shape index (κ1) is 39.5. The molecule has 0 fully saturated rings. The number of hydrogen-bond donors (Lipinski definition) is 5. The van der Waals surface area contributed by atoms with Crippen molar-refractivity contribution in [1.82, 2.24) is 26.6 Å². The standard InChI is InChI=1S/C32H50BrN5O7/c1-18(2)21(23(40)36-31(10,11)26(43)38-32(12,13)27(44)45-28(3,4)5)34-24(41)29(6,7)37-25(42)30(8,9)35-22(39)19-14-16-20(33)17-15-19/h14-18,21H,1-13H3,(H,34,41)(H,35,39)(H,36,40)(H,37,42)(H,38,43)/t21-/m0/s1. The number of carbonyl (C=O) groups is 6. The molecule has 12 nitrogen and oxygen atoms in total. The summed E-state index contributed by atoms with van der Waals surface area (Å²) in [6.45, 7) is 20.5. The number of nitrogens with one attached hydrogen (secondary N) is 5. The van der Waals surface area contributed by atoms with Crippen molar-refractivity contribution in [1.29, 1.82) is 0 Å². The molecule has 13 heteroatoms. The fraction of sp³-hybridized carbons (Fsp3) is 0.625. The molecule has 0 unspecified atom stereocenters. The Balaban J connectivity index is 2.97. The van der Waals surface area contributed by atoms with Crippen LogP contribution in [0.25, 0.3) is 0 Å². The topological polar surface area (TPSA) is 172 Å². The van der Waals surface area contributed by atoms with Gasteiger partial charge < -0.3 is 31.3 Å². The molecule has 0 aliphatic rings. The summed E-state index contributed by atoms with van der Waals surface area (Å²) in [6.07, 6.45) is 0. The maximum atomic E-state index is 13.4. The van der Waals surface area contributed by atoms with Crippen molar-refractivity contribution in [3.05, 3.63) is 34.3 Å². The molecule has 0 saturated heterocycles. The molecule has 0 spiro atoms. The van der Waals surface area contributed by atoms with E-state index in [2.05, 4.69) is 42.5 Å². The van der Waals surface area contributed by atoms with Gasteiger partial charge in [-0.05, 0) is 106 Å². The van der Waals surface area contributed by atoms with Crippen LogP contribution >= 0.6 is 15.9 Å². The molecular formula is C32H50BrN5O7.